The van der Waals surface area contributed by atoms with Gasteiger partial charge in [0.05, 0.1) is 13.1 Å². The van der Waals surface area contributed by atoms with E-state index in [1.165, 1.54) is 11.3 Å². The number of fused-ring (bicyclic) bond motifs is 1. The van der Waals surface area contributed by atoms with E-state index in [4.69, 9.17) is 16.0 Å². The second-order valence-corrected chi connectivity index (χ2v) is 8.26. The Morgan fingerprint density at radius 3 is 2.52 bits per heavy atom. The summed E-state index contributed by atoms with van der Waals surface area (Å²) in [5.41, 5.74) is 2.09. The van der Waals surface area contributed by atoms with Crippen LogP contribution >= 0.6 is 22.9 Å². The number of rotatable bonds is 7. The van der Waals surface area contributed by atoms with Gasteiger partial charge in [-0.2, -0.15) is 0 Å². The van der Waals surface area contributed by atoms with E-state index in [9.17, 15) is 9.59 Å². The van der Waals surface area contributed by atoms with E-state index in [1.54, 1.807) is 36.2 Å². The molecule has 0 unspecified atom stereocenters. The molecule has 2 N–H and O–H groups in total. The van der Waals surface area contributed by atoms with Crippen LogP contribution in [0.25, 0.3) is 22.4 Å². The van der Waals surface area contributed by atoms with Crippen molar-refractivity contribution in [2.24, 2.45) is 0 Å². The summed E-state index contributed by atoms with van der Waals surface area (Å²) >= 11 is 7.15. The maximum atomic E-state index is 12.3. The summed E-state index contributed by atoms with van der Waals surface area (Å²) in [6, 6.07) is 16.5. The number of likely N-dealkylation sites (N-methyl/N-ethyl adjacent to an activating group) is 1. The van der Waals surface area contributed by atoms with E-state index >= 15 is 0 Å². The van der Waals surface area contributed by atoms with Gasteiger partial charge in [-0.25, -0.2) is 4.98 Å². The molecule has 4 rings (SSSR count). The van der Waals surface area contributed by atoms with Gasteiger partial charge in [0.1, 0.15) is 11.3 Å². The number of carbonyl (C=O) groups is 2. The topological polar surface area (TPSA) is 87.5 Å². The molecule has 158 valence electrons. The molecule has 0 radical (unpaired) electrons. The summed E-state index contributed by atoms with van der Waals surface area (Å²) in [4.78, 5) is 30.5. The molecule has 2 aromatic heterocycles. The van der Waals surface area contributed by atoms with Crippen molar-refractivity contribution in [1.82, 2.24) is 9.88 Å². The fourth-order valence-corrected chi connectivity index (χ4v) is 3.83. The number of anilines is 2. The summed E-state index contributed by atoms with van der Waals surface area (Å²) in [7, 11) is 1.70. The van der Waals surface area contributed by atoms with E-state index in [-0.39, 0.29) is 24.9 Å². The average Bonchev–Trinajstić information content (AvgIpc) is 3.36. The van der Waals surface area contributed by atoms with E-state index in [0.717, 1.165) is 11.0 Å². The van der Waals surface area contributed by atoms with Gasteiger partial charge in [-0.05, 0) is 43.4 Å². The summed E-state index contributed by atoms with van der Waals surface area (Å²) in [5, 5.41) is 9.42. The number of carbonyl (C=O) groups excluding carboxylic acids is 2. The first kappa shape index (κ1) is 21.0. The second-order valence-electron chi connectivity index (χ2n) is 6.96. The lowest BCUT2D eigenvalue weighted by Crippen LogP contribution is -2.36. The molecule has 0 saturated heterocycles. The smallest absolute Gasteiger partial charge is 0.240 e. The van der Waals surface area contributed by atoms with Crippen molar-refractivity contribution in [3.05, 3.63) is 65.0 Å². The van der Waals surface area contributed by atoms with E-state index < -0.39 is 0 Å². The van der Waals surface area contributed by atoms with Crippen LogP contribution in [-0.2, 0) is 9.59 Å². The first-order valence-corrected chi connectivity index (χ1v) is 10.7. The number of furan rings is 1. The third kappa shape index (κ3) is 5.49. The molecule has 0 spiro atoms. The van der Waals surface area contributed by atoms with Crippen molar-refractivity contribution < 1.29 is 14.0 Å². The fraction of sp³-hybridized carbons (Fsp3) is 0.136. The Balaban J connectivity index is 1.29. The quantitative estimate of drug-likeness (QED) is 0.422. The molecule has 0 aliphatic carbocycles. The number of thiazole rings is 1. The molecule has 0 bridgehead atoms. The predicted molar refractivity (Wildman–Crippen MR) is 124 cm³/mol. The zero-order valence-electron chi connectivity index (χ0n) is 16.6. The SMILES string of the molecule is CN(CC(=O)Nc1ccc(Cl)cc1)CC(=O)Nc1nc(-c2cc3ccccc3o2)cs1. The van der Waals surface area contributed by atoms with Crippen LogP contribution < -0.4 is 10.6 Å². The molecule has 0 atom stereocenters. The largest absolute Gasteiger partial charge is 0.454 e. The van der Waals surface area contributed by atoms with Crippen molar-refractivity contribution in [2.75, 3.05) is 30.8 Å². The van der Waals surface area contributed by atoms with Crippen molar-refractivity contribution in [1.29, 1.82) is 0 Å². The number of hydrogen-bond acceptors (Lipinski definition) is 6. The van der Waals surface area contributed by atoms with Crippen LogP contribution in [0, 0.1) is 0 Å². The lowest BCUT2D eigenvalue weighted by Gasteiger charge is -2.15. The first-order chi connectivity index (χ1) is 15.0. The number of nitrogens with zero attached hydrogens (tertiary/aromatic N) is 2. The maximum Gasteiger partial charge on any atom is 0.240 e. The van der Waals surface area contributed by atoms with Crippen LogP contribution in [0.15, 0.2) is 64.4 Å². The van der Waals surface area contributed by atoms with Crippen molar-refractivity contribution in [3.63, 3.8) is 0 Å². The maximum absolute atomic E-state index is 12.3. The molecule has 9 heteroatoms. The molecule has 2 heterocycles. The zero-order chi connectivity index (χ0) is 21.8. The minimum Gasteiger partial charge on any atom is -0.454 e. The molecular weight excluding hydrogens is 436 g/mol. The normalized spacial score (nSPS) is 11.1. The molecule has 0 aliphatic heterocycles. The Hall–Kier alpha value is -3.20. The van der Waals surface area contributed by atoms with Gasteiger partial charge >= 0.3 is 0 Å². The summed E-state index contributed by atoms with van der Waals surface area (Å²) < 4.78 is 5.81. The van der Waals surface area contributed by atoms with E-state index in [2.05, 4.69) is 15.6 Å². The van der Waals surface area contributed by atoms with Crippen LogP contribution in [0.1, 0.15) is 0 Å². The van der Waals surface area contributed by atoms with Crippen LogP contribution in [0.4, 0.5) is 10.8 Å². The molecule has 0 fully saturated rings. The monoisotopic (exact) mass is 454 g/mol. The van der Waals surface area contributed by atoms with Gasteiger partial charge in [-0.15, -0.1) is 11.3 Å². The molecule has 31 heavy (non-hydrogen) atoms. The minimum absolute atomic E-state index is 0.0492. The highest BCUT2D eigenvalue weighted by Gasteiger charge is 2.14. The first-order valence-electron chi connectivity index (χ1n) is 9.44. The molecule has 2 amide bonds. The van der Waals surface area contributed by atoms with Gasteiger partial charge < -0.3 is 15.1 Å². The number of para-hydroxylation sites is 1. The predicted octanol–water partition coefficient (Wildman–Crippen LogP) is 4.72. The Bertz CT molecular complexity index is 1190. The lowest BCUT2D eigenvalue weighted by molar-refractivity contribution is -0.119. The molecular formula is C22H19ClN4O3S. The lowest BCUT2D eigenvalue weighted by atomic mass is 10.2. The van der Waals surface area contributed by atoms with Crippen LogP contribution in [0.5, 0.6) is 0 Å². The minimum atomic E-state index is -0.257. The van der Waals surface area contributed by atoms with Gasteiger partial charge in [-0.3, -0.25) is 14.5 Å². The van der Waals surface area contributed by atoms with Crippen LogP contribution in [0.2, 0.25) is 5.02 Å². The number of hydrogen-bond donors (Lipinski definition) is 2. The van der Waals surface area contributed by atoms with Gasteiger partial charge in [-0.1, -0.05) is 29.8 Å². The Morgan fingerprint density at radius 1 is 1.06 bits per heavy atom. The third-order valence-corrected chi connectivity index (χ3v) is 5.39. The highest BCUT2D eigenvalue weighted by Crippen LogP contribution is 2.30. The van der Waals surface area contributed by atoms with Gasteiger partial charge in [0.2, 0.25) is 11.8 Å². The number of benzene rings is 2. The summed E-state index contributed by atoms with van der Waals surface area (Å²) in [5.74, 6) is 0.167. The molecule has 4 aromatic rings. The number of aromatic nitrogens is 1. The van der Waals surface area contributed by atoms with E-state index in [0.29, 0.717) is 27.3 Å². The summed E-state index contributed by atoms with van der Waals surface area (Å²) in [6.07, 6.45) is 0. The highest BCUT2D eigenvalue weighted by atomic mass is 35.5. The van der Waals surface area contributed by atoms with Crippen LogP contribution in [0.3, 0.4) is 0 Å². The average molecular weight is 455 g/mol. The highest BCUT2D eigenvalue weighted by molar-refractivity contribution is 7.14. The van der Waals surface area contributed by atoms with Crippen molar-refractivity contribution in [3.8, 4) is 11.5 Å². The number of amides is 2. The summed E-state index contributed by atoms with van der Waals surface area (Å²) in [6.45, 7) is 0.117. The second kappa shape index (κ2) is 9.30. The van der Waals surface area contributed by atoms with Gasteiger partial charge in [0.15, 0.2) is 10.9 Å². The van der Waals surface area contributed by atoms with Crippen molar-refractivity contribution >= 4 is 56.5 Å². The molecule has 0 aliphatic rings. The molecule has 0 saturated carbocycles. The third-order valence-electron chi connectivity index (χ3n) is 4.38. The number of nitrogens with one attached hydrogen (secondary N) is 2. The van der Waals surface area contributed by atoms with Gasteiger partial charge in [0.25, 0.3) is 0 Å². The molecule has 7 nitrogen and oxygen atoms in total. The molecule has 2 aromatic carbocycles. The van der Waals surface area contributed by atoms with E-state index in [1.807, 2.05) is 35.7 Å². The van der Waals surface area contributed by atoms with Gasteiger partial charge in [0, 0.05) is 21.5 Å². The Morgan fingerprint density at radius 2 is 1.77 bits per heavy atom. The van der Waals surface area contributed by atoms with Crippen molar-refractivity contribution in [2.45, 2.75) is 0 Å². The zero-order valence-corrected chi connectivity index (χ0v) is 18.2. The Kier molecular flexibility index (Phi) is 6.31. The number of halogens is 1. The van der Waals surface area contributed by atoms with Crippen LogP contribution in [-0.4, -0.2) is 41.8 Å². The fourth-order valence-electron chi connectivity index (χ4n) is 2.99. The standard InChI is InChI=1S/C22H19ClN4O3S/c1-27(11-20(28)24-16-8-6-15(23)7-9-16)12-21(29)26-22-25-17(13-31-22)19-10-14-4-2-3-5-18(14)30-19/h2-10,13H,11-12H2,1H3,(H,24,28)(H,25,26,29). The Labute approximate surface area is 187 Å².